The van der Waals surface area contributed by atoms with Gasteiger partial charge in [0.25, 0.3) is 5.69 Å². The van der Waals surface area contributed by atoms with E-state index in [1.54, 1.807) is 60.9 Å². The van der Waals surface area contributed by atoms with Crippen molar-refractivity contribution in [1.29, 1.82) is 0 Å². The van der Waals surface area contributed by atoms with Gasteiger partial charge in [-0.3, -0.25) is 15.1 Å². The minimum absolute atomic E-state index is 0.115. The number of hydrogen-bond donors (Lipinski definition) is 0. The van der Waals surface area contributed by atoms with Crippen molar-refractivity contribution in [1.82, 2.24) is 24.6 Å². The summed E-state index contributed by atoms with van der Waals surface area (Å²) in [6, 6.07) is 16.7. The molecule has 4 aromatic heterocycles. The first-order valence-corrected chi connectivity index (χ1v) is 11.2. The second kappa shape index (κ2) is 7.78. The van der Waals surface area contributed by atoms with Gasteiger partial charge in [-0.25, -0.2) is 19.3 Å². The molecule has 1 aliphatic rings. The lowest BCUT2D eigenvalue weighted by Crippen LogP contribution is -2.22. The van der Waals surface area contributed by atoms with E-state index < -0.39 is 16.5 Å². The zero-order valence-electron chi connectivity index (χ0n) is 18.8. The lowest BCUT2D eigenvalue weighted by Gasteiger charge is -2.27. The van der Waals surface area contributed by atoms with Crippen LogP contribution in [0.15, 0.2) is 88.6 Å². The third-order valence-corrected chi connectivity index (χ3v) is 6.31. The highest BCUT2D eigenvalue weighted by atomic mass is 16.6. The number of rotatable bonds is 3. The molecular weight excluding hydrogens is 476 g/mol. The summed E-state index contributed by atoms with van der Waals surface area (Å²) in [5.41, 5.74) is 1.90. The summed E-state index contributed by atoms with van der Waals surface area (Å²) in [5, 5.41) is 16.7. The Labute approximate surface area is 206 Å². The highest BCUT2D eigenvalue weighted by Crippen LogP contribution is 2.49. The maximum atomic E-state index is 13.4. The van der Waals surface area contributed by atoms with Crippen molar-refractivity contribution in [3.8, 4) is 23.0 Å². The first-order valence-electron chi connectivity index (χ1n) is 11.2. The Morgan fingerprint density at radius 2 is 1.84 bits per heavy atom. The molecular formula is C26H14N6O5. The number of benzene rings is 2. The number of non-ortho nitro benzene ring substituents is 1. The summed E-state index contributed by atoms with van der Waals surface area (Å²) in [6.45, 7) is 0. The first kappa shape index (κ1) is 20.9. The number of aromatic nitrogens is 5. The molecule has 0 aliphatic carbocycles. The Kier molecular flexibility index (Phi) is 4.39. The molecule has 178 valence electrons. The Morgan fingerprint density at radius 1 is 1.00 bits per heavy atom. The van der Waals surface area contributed by atoms with Gasteiger partial charge in [0.05, 0.1) is 27.4 Å². The Hall–Kier alpha value is -5.45. The van der Waals surface area contributed by atoms with Crippen LogP contribution in [0.5, 0.6) is 11.6 Å². The monoisotopic (exact) mass is 490 g/mol. The predicted molar refractivity (Wildman–Crippen MR) is 131 cm³/mol. The van der Waals surface area contributed by atoms with Crippen LogP contribution < -0.4 is 10.4 Å². The zero-order chi connectivity index (χ0) is 25.1. The highest BCUT2D eigenvalue weighted by molar-refractivity contribution is 5.87. The van der Waals surface area contributed by atoms with Crippen molar-refractivity contribution >= 4 is 22.3 Å². The van der Waals surface area contributed by atoms with Crippen molar-refractivity contribution in [2.24, 2.45) is 0 Å². The molecule has 0 fully saturated rings. The fourth-order valence-corrected chi connectivity index (χ4v) is 4.70. The van der Waals surface area contributed by atoms with E-state index in [2.05, 4.69) is 15.1 Å². The molecule has 0 saturated heterocycles. The summed E-state index contributed by atoms with van der Waals surface area (Å²) in [6.07, 6.45) is 4.75. The molecule has 0 bridgehead atoms. The van der Waals surface area contributed by atoms with E-state index in [9.17, 15) is 14.9 Å². The van der Waals surface area contributed by atoms with Gasteiger partial charge in [0.1, 0.15) is 11.9 Å². The largest absolute Gasteiger partial charge is 0.437 e. The van der Waals surface area contributed by atoms with Crippen LogP contribution in [0.2, 0.25) is 0 Å². The van der Waals surface area contributed by atoms with Crippen LogP contribution in [-0.2, 0) is 0 Å². The van der Waals surface area contributed by atoms with E-state index in [4.69, 9.17) is 14.1 Å². The quantitative estimate of drug-likeness (QED) is 0.199. The number of hydrogen-bond acceptors (Lipinski definition) is 9. The molecule has 0 saturated carbocycles. The summed E-state index contributed by atoms with van der Waals surface area (Å²) in [5.74, 6) is 0.124. The summed E-state index contributed by atoms with van der Waals surface area (Å²) < 4.78 is 13.4. The van der Waals surface area contributed by atoms with E-state index in [0.29, 0.717) is 39.3 Å². The van der Waals surface area contributed by atoms with Crippen LogP contribution in [0.3, 0.4) is 0 Å². The second-order valence-electron chi connectivity index (χ2n) is 8.42. The van der Waals surface area contributed by atoms with Gasteiger partial charge in [0.15, 0.2) is 17.2 Å². The Bertz CT molecular complexity index is 1930. The van der Waals surface area contributed by atoms with Crippen molar-refractivity contribution < 1.29 is 14.1 Å². The minimum Gasteiger partial charge on any atom is -0.437 e. The van der Waals surface area contributed by atoms with Crippen LogP contribution in [0.25, 0.3) is 28.0 Å². The van der Waals surface area contributed by atoms with E-state index in [1.807, 2.05) is 0 Å². The van der Waals surface area contributed by atoms with Gasteiger partial charge < -0.3 is 9.15 Å². The zero-order valence-corrected chi connectivity index (χ0v) is 18.8. The van der Waals surface area contributed by atoms with Crippen molar-refractivity contribution in [3.05, 3.63) is 117 Å². The average molecular weight is 490 g/mol. The third kappa shape index (κ3) is 3.18. The number of nitrogens with zero attached hydrogens (tertiary/aromatic N) is 6. The number of para-hydroxylation sites is 1. The maximum Gasteiger partial charge on any atom is 0.344 e. The van der Waals surface area contributed by atoms with E-state index in [1.165, 1.54) is 23.0 Å². The molecule has 1 aliphatic heterocycles. The first-order chi connectivity index (χ1) is 18.1. The standard InChI is InChI=1S/C26H14N6O5/c33-26-20-19(15-4-3-5-16(12-15)32(34)35)21-24-29-23(14-8-10-27-11-9-14)30-31(24)13-28-25(21)37-22(20)17-6-1-2-7-18(17)36-26/h1-13,19H. The average Bonchev–Trinajstić information content (AvgIpc) is 3.37. The Morgan fingerprint density at radius 3 is 2.68 bits per heavy atom. The molecule has 6 aromatic rings. The molecule has 0 N–H and O–H groups in total. The second-order valence-corrected chi connectivity index (χ2v) is 8.42. The molecule has 1 unspecified atom stereocenters. The summed E-state index contributed by atoms with van der Waals surface area (Å²) >= 11 is 0. The lowest BCUT2D eigenvalue weighted by atomic mass is 9.84. The van der Waals surface area contributed by atoms with Gasteiger partial charge >= 0.3 is 5.63 Å². The molecule has 2 aromatic carbocycles. The highest BCUT2D eigenvalue weighted by Gasteiger charge is 2.38. The van der Waals surface area contributed by atoms with Crippen LogP contribution in [0.1, 0.15) is 22.6 Å². The van der Waals surface area contributed by atoms with Crippen molar-refractivity contribution in [2.45, 2.75) is 5.92 Å². The third-order valence-electron chi connectivity index (χ3n) is 6.31. The predicted octanol–water partition coefficient (Wildman–Crippen LogP) is 4.49. The van der Waals surface area contributed by atoms with Crippen molar-refractivity contribution in [2.75, 3.05) is 0 Å². The van der Waals surface area contributed by atoms with E-state index in [0.717, 1.165) is 5.56 Å². The smallest absolute Gasteiger partial charge is 0.344 e. The maximum absolute atomic E-state index is 13.4. The SMILES string of the molecule is O=c1oc2ccccc2c2c1C(c1cccc([N+](=O)[O-])c1)c1c(ncn3nc(-c4ccncc4)nc13)O2. The molecule has 5 heterocycles. The van der Waals surface area contributed by atoms with Gasteiger partial charge in [0, 0.05) is 30.1 Å². The lowest BCUT2D eigenvalue weighted by molar-refractivity contribution is -0.384. The molecule has 0 amide bonds. The molecule has 7 rings (SSSR count). The van der Waals surface area contributed by atoms with Crippen LogP contribution in [-0.4, -0.2) is 29.5 Å². The fourth-order valence-electron chi connectivity index (χ4n) is 4.70. The van der Waals surface area contributed by atoms with Gasteiger partial charge in [-0.05, 0) is 29.8 Å². The van der Waals surface area contributed by atoms with E-state index >= 15 is 0 Å². The minimum atomic E-state index is -0.815. The number of fused-ring (bicyclic) bond motifs is 6. The van der Waals surface area contributed by atoms with Gasteiger partial charge in [-0.15, -0.1) is 5.10 Å². The summed E-state index contributed by atoms with van der Waals surface area (Å²) in [4.78, 5) is 37.8. The van der Waals surface area contributed by atoms with E-state index in [-0.39, 0.29) is 17.1 Å². The molecule has 11 nitrogen and oxygen atoms in total. The summed E-state index contributed by atoms with van der Waals surface area (Å²) in [7, 11) is 0. The topological polar surface area (TPSA) is 139 Å². The number of ether oxygens (including phenoxy) is 1. The number of nitro benzene ring substituents is 1. The number of nitro groups is 1. The molecule has 0 radical (unpaired) electrons. The molecule has 37 heavy (non-hydrogen) atoms. The Balaban J connectivity index is 1.56. The normalized spacial score (nSPS) is 14.2. The van der Waals surface area contributed by atoms with Gasteiger partial charge in [-0.1, -0.05) is 24.3 Å². The molecule has 0 spiro atoms. The van der Waals surface area contributed by atoms with Crippen molar-refractivity contribution in [3.63, 3.8) is 0 Å². The number of pyridine rings is 1. The fraction of sp³-hybridized carbons (Fsp3) is 0.0385. The molecule has 11 heteroatoms. The van der Waals surface area contributed by atoms with Gasteiger partial charge in [0.2, 0.25) is 5.88 Å². The van der Waals surface area contributed by atoms with Crippen LogP contribution >= 0.6 is 0 Å². The van der Waals surface area contributed by atoms with Crippen LogP contribution in [0.4, 0.5) is 5.69 Å². The van der Waals surface area contributed by atoms with Gasteiger partial charge in [-0.2, -0.15) is 0 Å². The van der Waals surface area contributed by atoms with Crippen LogP contribution in [0, 0.1) is 10.1 Å². The molecule has 1 atom stereocenters.